The molecule has 0 saturated heterocycles. The quantitative estimate of drug-likeness (QED) is 0.738. The number of aromatic nitrogens is 3. The lowest BCUT2D eigenvalue weighted by atomic mass is 9.79. The van der Waals surface area contributed by atoms with Gasteiger partial charge in [0.1, 0.15) is 5.75 Å². The maximum absolute atomic E-state index is 12.7. The van der Waals surface area contributed by atoms with Gasteiger partial charge in [-0.2, -0.15) is 4.98 Å². The van der Waals surface area contributed by atoms with E-state index in [1.807, 2.05) is 24.3 Å². The number of benzene rings is 1. The Morgan fingerprint density at radius 2 is 2.04 bits per heavy atom. The predicted octanol–water partition coefficient (Wildman–Crippen LogP) is 1.82. The summed E-state index contributed by atoms with van der Waals surface area (Å²) in [5.74, 6) is 0.633. The summed E-state index contributed by atoms with van der Waals surface area (Å²) in [6, 6.07) is 7.62. The van der Waals surface area contributed by atoms with Crippen LogP contribution in [0, 0.1) is 0 Å². The molecule has 0 radical (unpaired) electrons. The zero-order chi connectivity index (χ0) is 17.6. The largest absolute Gasteiger partial charge is 0.496 e. The molecule has 0 bridgehead atoms. The fourth-order valence-electron chi connectivity index (χ4n) is 3.51. The highest BCUT2D eigenvalue weighted by molar-refractivity contribution is 6.02. The maximum atomic E-state index is 12.7. The molecule has 1 aromatic carbocycles. The van der Waals surface area contributed by atoms with Gasteiger partial charge in [0.2, 0.25) is 5.95 Å². The number of nitrogens with zero attached hydrogens (tertiary/aromatic N) is 2. The van der Waals surface area contributed by atoms with Gasteiger partial charge in [-0.3, -0.25) is 14.6 Å². The summed E-state index contributed by atoms with van der Waals surface area (Å²) in [7, 11) is 1.61. The van der Waals surface area contributed by atoms with Crippen LogP contribution in [0.15, 0.2) is 35.3 Å². The van der Waals surface area contributed by atoms with Crippen LogP contribution in [-0.4, -0.2) is 27.8 Å². The first-order valence-corrected chi connectivity index (χ1v) is 7.92. The zero-order valence-electron chi connectivity index (χ0n) is 13.6. The van der Waals surface area contributed by atoms with Crippen LogP contribution in [-0.2, 0) is 6.42 Å². The van der Waals surface area contributed by atoms with Crippen molar-refractivity contribution in [2.75, 3.05) is 12.8 Å². The van der Waals surface area contributed by atoms with Crippen molar-refractivity contribution in [3.8, 4) is 5.75 Å². The molecule has 2 heterocycles. The minimum absolute atomic E-state index is 0.00774. The second-order valence-electron chi connectivity index (χ2n) is 6.07. The first-order valence-electron chi connectivity index (χ1n) is 7.92. The topological polar surface area (TPSA) is 111 Å². The van der Waals surface area contributed by atoms with E-state index >= 15 is 0 Å². The molecule has 25 heavy (non-hydrogen) atoms. The SMILES string of the molecule is COc1ccccc1C1CC(=O)c2cnc3nc(N)[nH]c(=O)c3c2C1. The average Bonchev–Trinajstić information content (AvgIpc) is 2.60. The van der Waals surface area contributed by atoms with Gasteiger partial charge in [0.05, 0.1) is 12.5 Å². The Hall–Kier alpha value is -3.22. The summed E-state index contributed by atoms with van der Waals surface area (Å²) in [5.41, 5.74) is 7.58. The number of Topliss-reactive ketones (excluding diaryl/α,β-unsaturated/α-hetero) is 1. The highest BCUT2D eigenvalue weighted by Crippen LogP contribution is 2.38. The molecule has 0 aliphatic heterocycles. The Balaban J connectivity index is 1.91. The van der Waals surface area contributed by atoms with E-state index in [4.69, 9.17) is 10.5 Å². The number of methoxy groups -OCH3 is 1. The van der Waals surface area contributed by atoms with Gasteiger partial charge < -0.3 is 10.5 Å². The van der Waals surface area contributed by atoms with E-state index in [-0.39, 0.29) is 28.9 Å². The number of anilines is 1. The van der Waals surface area contributed by atoms with Crippen LogP contribution in [0.25, 0.3) is 11.0 Å². The molecule has 4 rings (SSSR count). The minimum atomic E-state index is -0.375. The van der Waals surface area contributed by atoms with Gasteiger partial charge >= 0.3 is 0 Å². The van der Waals surface area contributed by atoms with Crippen LogP contribution in [0.2, 0.25) is 0 Å². The average molecular weight is 336 g/mol. The molecule has 0 spiro atoms. The molecule has 0 saturated carbocycles. The molecule has 2 aromatic heterocycles. The number of nitrogens with one attached hydrogen (secondary N) is 1. The lowest BCUT2D eigenvalue weighted by Gasteiger charge is -2.25. The van der Waals surface area contributed by atoms with Gasteiger partial charge in [-0.15, -0.1) is 0 Å². The number of rotatable bonds is 2. The molecule has 3 N–H and O–H groups in total. The van der Waals surface area contributed by atoms with Crippen LogP contribution in [0.5, 0.6) is 5.75 Å². The third-order valence-electron chi connectivity index (χ3n) is 4.62. The molecule has 7 nitrogen and oxygen atoms in total. The van der Waals surface area contributed by atoms with Crippen LogP contribution < -0.4 is 16.0 Å². The number of ketones is 1. The van der Waals surface area contributed by atoms with Crippen molar-refractivity contribution in [1.82, 2.24) is 15.0 Å². The molecule has 1 aliphatic rings. The molecular weight excluding hydrogens is 320 g/mol. The first kappa shape index (κ1) is 15.3. The number of hydrogen-bond donors (Lipinski definition) is 2. The van der Waals surface area contributed by atoms with Gasteiger partial charge in [-0.05, 0) is 29.5 Å². The van der Waals surface area contributed by atoms with Gasteiger partial charge in [0, 0.05) is 18.2 Å². The smallest absolute Gasteiger partial charge is 0.262 e. The van der Waals surface area contributed by atoms with Crippen molar-refractivity contribution < 1.29 is 9.53 Å². The maximum Gasteiger partial charge on any atom is 0.262 e. The second-order valence-corrected chi connectivity index (χ2v) is 6.07. The van der Waals surface area contributed by atoms with Crippen molar-refractivity contribution in [3.63, 3.8) is 0 Å². The summed E-state index contributed by atoms with van der Waals surface area (Å²) in [6.45, 7) is 0. The van der Waals surface area contributed by atoms with Crippen molar-refractivity contribution in [1.29, 1.82) is 0 Å². The minimum Gasteiger partial charge on any atom is -0.496 e. The number of hydrogen-bond acceptors (Lipinski definition) is 6. The molecule has 1 unspecified atom stereocenters. The van der Waals surface area contributed by atoms with Gasteiger partial charge in [0.15, 0.2) is 11.4 Å². The number of para-hydroxylation sites is 1. The third-order valence-corrected chi connectivity index (χ3v) is 4.62. The zero-order valence-corrected chi connectivity index (χ0v) is 13.6. The molecule has 1 atom stereocenters. The van der Waals surface area contributed by atoms with Crippen LogP contribution in [0.1, 0.15) is 33.8 Å². The summed E-state index contributed by atoms with van der Waals surface area (Å²) >= 11 is 0. The van der Waals surface area contributed by atoms with Crippen LogP contribution >= 0.6 is 0 Å². The van der Waals surface area contributed by atoms with E-state index in [9.17, 15) is 9.59 Å². The lowest BCUT2D eigenvalue weighted by molar-refractivity contribution is 0.0964. The Morgan fingerprint density at radius 3 is 2.84 bits per heavy atom. The van der Waals surface area contributed by atoms with Crippen LogP contribution in [0.4, 0.5) is 5.95 Å². The Kier molecular flexibility index (Phi) is 3.49. The number of pyridine rings is 1. The highest BCUT2D eigenvalue weighted by atomic mass is 16.5. The van der Waals surface area contributed by atoms with E-state index in [1.165, 1.54) is 6.20 Å². The van der Waals surface area contributed by atoms with Crippen molar-refractivity contribution in [3.05, 3.63) is 57.5 Å². The lowest BCUT2D eigenvalue weighted by Crippen LogP contribution is -2.23. The van der Waals surface area contributed by atoms with E-state index in [0.717, 1.165) is 11.3 Å². The van der Waals surface area contributed by atoms with Crippen LogP contribution in [0.3, 0.4) is 0 Å². The number of ether oxygens (including phenoxy) is 1. The summed E-state index contributed by atoms with van der Waals surface area (Å²) in [4.78, 5) is 35.8. The van der Waals surface area contributed by atoms with E-state index < -0.39 is 0 Å². The third kappa shape index (κ3) is 2.44. The number of H-pyrrole nitrogens is 1. The molecule has 0 fully saturated rings. The number of fused-ring (bicyclic) bond motifs is 3. The molecular formula is C18H16N4O3. The second kappa shape index (κ2) is 5.70. The summed E-state index contributed by atoms with van der Waals surface area (Å²) < 4.78 is 5.43. The predicted molar refractivity (Wildman–Crippen MR) is 93.0 cm³/mol. The van der Waals surface area contributed by atoms with E-state index in [1.54, 1.807) is 7.11 Å². The Bertz CT molecular complexity index is 1060. The first-order chi connectivity index (χ1) is 12.1. The van der Waals surface area contributed by atoms with Crippen molar-refractivity contribution >= 4 is 22.8 Å². The van der Waals surface area contributed by atoms with E-state index in [2.05, 4.69) is 15.0 Å². The Labute approximate surface area is 142 Å². The summed E-state index contributed by atoms with van der Waals surface area (Å²) in [6.07, 6.45) is 2.38. The van der Waals surface area contributed by atoms with Gasteiger partial charge in [0.25, 0.3) is 5.56 Å². The molecule has 3 aromatic rings. The molecule has 0 amide bonds. The number of carbonyl (C=O) groups excluding carboxylic acids is 1. The standard InChI is InChI=1S/C18H16N4O3/c1-25-14-5-3-2-4-10(14)9-6-11-12(13(23)7-9)8-20-16-15(11)17(24)22-18(19)21-16/h2-5,8-9H,6-7H2,1H3,(H3,19,20,21,22,24). The number of carbonyl (C=O) groups is 1. The summed E-state index contributed by atoms with van der Waals surface area (Å²) in [5, 5.41) is 0.333. The van der Waals surface area contributed by atoms with Gasteiger partial charge in [-0.1, -0.05) is 18.2 Å². The van der Waals surface area contributed by atoms with E-state index in [0.29, 0.717) is 29.4 Å². The number of nitrogen functional groups attached to an aromatic ring is 1. The fourth-order valence-corrected chi connectivity index (χ4v) is 3.51. The van der Waals surface area contributed by atoms with Gasteiger partial charge in [-0.25, -0.2) is 4.98 Å². The normalized spacial score (nSPS) is 16.7. The number of aromatic amines is 1. The Morgan fingerprint density at radius 1 is 1.24 bits per heavy atom. The van der Waals surface area contributed by atoms with Crippen molar-refractivity contribution in [2.24, 2.45) is 0 Å². The molecule has 126 valence electrons. The number of nitrogens with two attached hydrogens (primary N) is 1. The monoisotopic (exact) mass is 336 g/mol. The fraction of sp³-hybridized carbons (Fsp3) is 0.222. The van der Waals surface area contributed by atoms with Crippen molar-refractivity contribution in [2.45, 2.75) is 18.8 Å². The highest BCUT2D eigenvalue weighted by Gasteiger charge is 2.30. The molecule has 1 aliphatic carbocycles. The molecule has 7 heteroatoms.